The number of aromatic nitrogens is 4. The fourth-order valence-electron chi connectivity index (χ4n) is 1.97. The van der Waals surface area contributed by atoms with Crippen molar-refractivity contribution in [2.75, 3.05) is 0 Å². The first kappa shape index (κ1) is 12.9. The summed E-state index contributed by atoms with van der Waals surface area (Å²) in [6.07, 6.45) is 0. The molecule has 0 N–H and O–H groups in total. The summed E-state index contributed by atoms with van der Waals surface area (Å²) in [7, 11) is 0. The second-order valence-electron chi connectivity index (χ2n) is 4.09. The van der Waals surface area contributed by atoms with E-state index in [1.807, 2.05) is 0 Å². The monoisotopic (exact) mass is 298 g/mol. The van der Waals surface area contributed by atoms with Crippen LogP contribution >= 0.6 is 11.6 Å². The summed E-state index contributed by atoms with van der Waals surface area (Å²) in [5.74, 6) is -2.87. The van der Waals surface area contributed by atoms with Crippen molar-refractivity contribution in [3.05, 3.63) is 46.6 Å². The summed E-state index contributed by atoms with van der Waals surface area (Å²) in [4.78, 5) is 3.97. The van der Waals surface area contributed by atoms with E-state index in [2.05, 4.69) is 15.2 Å². The van der Waals surface area contributed by atoms with E-state index in [-0.39, 0.29) is 11.0 Å². The lowest BCUT2D eigenvalue weighted by atomic mass is 10.2. The van der Waals surface area contributed by atoms with Gasteiger partial charge in [-0.3, -0.25) is 4.40 Å². The Kier molecular flexibility index (Phi) is 2.86. The van der Waals surface area contributed by atoms with Gasteiger partial charge in [-0.25, -0.2) is 18.2 Å². The highest BCUT2D eigenvalue weighted by molar-refractivity contribution is 6.29. The minimum absolute atomic E-state index is 0.100. The maximum absolute atomic E-state index is 13.8. The van der Waals surface area contributed by atoms with E-state index in [1.165, 1.54) is 10.5 Å². The number of fused-ring (bicyclic) bond motifs is 1. The molecule has 0 atom stereocenters. The highest BCUT2D eigenvalue weighted by atomic mass is 35.5. The number of nitrogens with zero attached hydrogens (tertiary/aromatic N) is 4. The van der Waals surface area contributed by atoms with E-state index >= 15 is 0 Å². The molecule has 2 aromatic heterocycles. The van der Waals surface area contributed by atoms with E-state index in [0.717, 1.165) is 0 Å². The summed E-state index contributed by atoms with van der Waals surface area (Å²) in [5.41, 5.74) is -0.174. The number of halogens is 4. The molecule has 0 aliphatic carbocycles. The number of hydrogen-bond donors (Lipinski definition) is 0. The second kappa shape index (κ2) is 4.45. The van der Waals surface area contributed by atoms with Gasteiger partial charge >= 0.3 is 0 Å². The maximum Gasteiger partial charge on any atom is 0.175 e. The van der Waals surface area contributed by atoms with Crippen molar-refractivity contribution >= 4 is 17.2 Å². The van der Waals surface area contributed by atoms with Crippen molar-refractivity contribution in [3.63, 3.8) is 0 Å². The van der Waals surface area contributed by atoms with E-state index in [4.69, 9.17) is 11.6 Å². The molecule has 0 aliphatic rings. The maximum atomic E-state index is 13.8. The molecule has 0 amide bonds. The minimum Gasteiger partial charge on any atom is -0.262 e. The molecular formula is C12H6ClF3N4. The molecule has 0 fully saturated rings. The van der Waals surface area contributed by atoms with Gasteiger partial charge in [-0.2, -0.15) is 0 Å². The van der Waals surface area contributed by atoms with Gasteiger partial charge in [-0.1, -0.05) is 11.6 Å². The normalized spacial score (nSPS) is 11.2. The third-order valence-electron chi connectivity index (χ3n) is 2.76. The van der Waals surface area contributed by atoms with Crippen molar-refractivity contribution in [3.8, 4) is 11.4 Å². The van der Waals surface area contributed by atoms with Gasteiger partial charge in [0.15, 0.2) is 11.5 Å². The molecule has 8 heteroatoms. The first-order valence-electron chi connectivity index (χ1n) is 5.50. The summed E-state index contributed by atoms with van der Waals surface area (Å²) >= 11 is 5.77. The average molecular weight is 299 g/mol. The van der Waals surface area contributed by atoms with Gasteiger partial charge in [0.25, 0.3) is 0 Å². The zero-order valence-electron chi connectivity index (χ0n) is 10.0. The van der Waals surface area contributed by atoms with Crippen LogP contribution in [0.25, 0.3) is 17.0 Å². The number of rotatable bonds is 1. The quantitative estimate of drug-likeness (QED) is 0.648. The van der Waals surface area contributed by atoms with Gasteiger partial charge in [0.2, 0.25) is 0 Å². The number of hydrogen-bond acceptors (Lipinski definition) is 3. The molecule has 0 saturated carbocycles. The Labute approximate surface area is 115 Å². The average Bonchev–Trinajstić information content (AvgIpc) is 2.71. The van der Waals surface area contributed by atoms with Gasteiger partial charge < -0.3 is 0 Å². The molecule has 3 rings (SSSR count). The summed E-state index contributed by atoms with van der Waals surface area (Å²) in [5, 5.41) is 7.70. The molecule has 1 aromatic carbocycles. The van der Waals surface area contributed by atoms with Gasteiger partial charge in [0, 0.05) is 18.2 Å². The lowest BCUT2D eigenvalue weighted by Gasteiger charge is -2.06. The molecule has 0 radical (unpaired) electrons. The van der Waals surface area contributed by atoms with Crippen molar-refractivity contribution in [2.24, 2.45) is 0 Å². The fourth-order valence-corrected chi connectivity index (χ4v) is 2.19. The third-order valence-corrected chi connectivity index (χ3v) is 2.95. The van der Waals surface area contributed by atoms with Gasteiger partial charge in [-0.15, -0.1) is 10.2 Å². The van der Waals surface area contributed by atoms with Gasteiger partial charge in [0.05, 0.1) is 5.56 Å². The Morgan fingerprint density at radius 2 is 1.70 bits per heavy atom. The van der Waals surface area contributed by atoms with Crippen molar-refractivity contribution < 1.29 is 13.2 Å². The highest BCUT2D eigenvalue weighted by Gasteiger charge is 2.20. The topological polar surface area (TPSA) is 43.1 Å². The largest absolute Gasteiger partial charge is 0.262 e. The minimum atomic E-state index is -1.06. The van der Waals surface area contributed by atoms with Crippen LogP contribution in [0.1, 0.15) is 5.82 Å². The standard InChI is InChI=1S/C12H6ClF3N4/c1-5-17-9(13)4-10-18-19-12(20(5)10)11-7(15)2-6(14)3-8(11)16/h2-4H,1H3. The molecule has 3 aromatic rings. The van der Waals surface area contributed by atoms with Gasteiger partial charge in [-0.05, 0) is 6.92 Å². The molecular weight excluding hydrogens is 293 g/mol. The molecule has 0 saturated heterocycles. The molecule has 4 nitrogen and oxygen atoms in total. The Hall–Kier alpha value is -2.15. The Morgan fingerprint density at radius 3 is 2.35 bits per heavy atom. The van der Waals surface area contributed by atoms with E-state index in [9.17, 15) is 13.2 Å². The van der Waals surface area contributed by atoms with Crippen LogP contribution in [0, 0.1) is 24.4 Å². The van der Waals surface area contributed by atoms with Crippen LogP contribution in [-0.2, 0) is 0 Å². The van der Waals surface area contributed by atoms with Crippen LogP contribution in [0.15, 0.2) is 18.2 Å². The molecule has 102 valence electrons. The zero-order chi connectivity index (χ0) is 14.4. The number of aryl methyl sites for hydroxylation is 1. The summed E-state index contributed by atoms with van der Waals surface area (Å²) in [6.45, 7) is 1.59. The van der Waals surface area contributed by atoms with Crippen molar-refractivity contribution in [1.82, 2.24) is 19.6 Å². The summed E-state index contributed by atoms with van der Waals surface area (Å²) < 4.78 is 41.9. The first-order chi connectivity index (χ1) is 9.47. The molecule has 0 unspecified atom stereocenters. The van der Waals surface area contributed by atoms with Crippen LogP contribution in [0.5, 0.6) is 0 Å². The van der Waals surface area contributed by atoms with Gasteiger partial charge in [0.1, 0.15) is 28.4 Å². The van der Waals surface area contributed by atoms with Crippen LogP contribution in [0.3, 0.4) is 0 Å². The Balaban J connectivity index is 2.37. The molecule has 20 heavy (non-hydrogen) atoms. The second-order valence-corrected chi connectivity index (χ2v) is 4.47. The molecule has 0 spiro atoms. The van der Waals surface area contributed by atoms with E-state index < -0.39 is 23.0 Å². The first-order valence-corrected chi connectivity index (χ1v) is 5.88. The van der Waals surface area contributed by atoms with E-state index in [0.29, 0.717) is 23.6 Å². The predicted molar refractivity (Wildman–Crippen MR) is 65.8 cm³/mol. The molecule has 0 bridgehead atoms. The van der Waals surface area contributed by atoms with Crippen LogP contribution < -0.4 is 0 Å². The SMILES string of the molecule is Cc1nc(Cl)cc2nnc(-c3c(F)cc(F)cc3F)n12. The predicted octanol–water partition coefficient (Wildman–Crippen LogP) is 3.17. The highest BCUT2D eigenvalue weighted by Crippen LogP contribution is 2.27. The van der Waals surface area contributed by atoms with E-state index in [1.54, 1.807) is 6.92 Å². The lowest BCUT2D eigenvalue weighted by molar-refractivity contribution is 0.546. The zero-order valence-corrected chi connectivity index (χ0v) is 10.8. The summed E-state index contributed by atoms with van der Waals surface area (Å²) in [6, 6.07) is 2.57. The molecule has 2 heterocycles. The van der Waals surface area contributed by atoms with Crippen molar-refractivity contribution in [1.29, 1.82) is 0 Å². The number of benzene rings is 1. The Morgan fingerprint density at radius 1 is 1.05 bits per heavy atom. The van der Waals surface area contributed by atoms with Crippen molar-refractivity contribution in [2.45, 2.75) is 6.92 Å². The fraction of sp³-hybridized carbons (Fsp3) is 0.0833. The van der Waals surface area contributed by atoms with Crippen LogP contribution in [0.2, 0.25) is 5.15 Å². The third kappa shape index (κ3) is 1.90. The lowest BCUT2D eigenvalue weighted by Crippen LogP contribution is -2.01. The van der Waals surface area contributed by atoms with Crippen LogP contribution in [0.4, 0.5) is 13.2 Å². The Bertz CT molecular complexity index is 808. The smallest absolute Gasteiger partial charge is 0.175 e. The van der Waals surface area contributed by atoms with Crippen LogP contribution in [-0.4, -0.2) is 19.6 Å². The molecule has 0 aliphatic heterocycles.